The minimum atomic E-state index is -4.41. The number of tetrazole rings is 1. The van der Waals surface area contributed by atoms with Crippen molar-refractivity contribution in [3.63, 3.8) is 0 Å². The van der Waals surface area contributed by atoms with Crippen molar-refractivity contribution in [2.75, 3.05) is 5.32 Å². The standard InChI is InChI=1S/C18H13F3N6O/c19-18(20,21)12-5-3-4-11(8-12)9-27-10-14(13-6-1-2-7-15(13)27)16(28)22-17-23-25-26-24-17/h1-8,10H,9H2,(H2,22,23,24,25,26,28). The number of carbonyl (C=O) groups is 1. The maximum absolute atomic E-state index is 13.0. The van der Waals surface area contributed by atoms with Crippen molar-refractivity contribution < 1.29 is 18.0 Å². The molecule has 0 spiro atoms. The molecule has 0 radical (unpaired) electrons. The molecule has 142 valence electrons. The summed E-state index contributed by atoms with van der Waals surface area (Å²) < 4.78 is 40.6. The number of fused-ring (bicyclic) bond motifs is 1. The Morgan fingerprint density at radius 3 is 2.71 bits per heavy atom. The van der Waals surface area contributed by atoms with Crippen molar-refractivity contribution in [2.45, 2.75) is 12.7 Å². The second kappa shape index (κ2) is 6.80. The van der Waals surface area contributed by atoms with Crippen LogP contribution in [0.5, 0.6) is 0 Å². The molecule has 7 nitrogen and oxygen atoms in total. The fourth-order valence-electron chi connectivity index (χ4n) is 2.99. The van der Waals surface area contributed by atoms with Crippen LogP contribution in [0, 0.1) is 0 Å². The Hall–Kier alpha value is -3.69. The molecule has 0 fully saturated rings. The van der Waals surface area contributed by atoms with Gasteiger partial charge in [-0.25, -0.2) is 5.10 Å². The first-order chi connectivity index (χ1) is 13.4. The molecule has 2 aromatic heterocycles. The van der Waals surface area contributed by atoms with E-state index in [1.165, 1.54) is 6.07 Å². The molecule has 2 aromatic carbocycles. The number of hydrogen-bond acceptors (Lipinski definition) is 4. The van der Waals surface area contributed by atoms with Crippen molar-refractivity contribution in [2.24, 2.45) is 0 Å². The number of para-hydroxylation sites is 1. The summed E-state index contributed by atoms with van der Waals surface area (Å²) in [4.78, 5) is 12.6. The molecule has 1 amide bonds. The van der Waals surface area contributed by atoms with E-state index in [1.54, 1.807) is 41.1 Å². The first kappa shape index (κ1) is 17.7. The van der Waals surface area contributed by atoms with E-state index in [-0.39, 0.29) is 12.5 Å². The smallest absolute Gasteiger partial charge is 0.342 e. The fourth-order valence-corrected chi connectivity index (χ4v) is 2.99. The summed E-state index contributed by atoms with van der Waals surface area (Å²) in [5.41, 5.74) is 0.846. The largest absolute Gasteiger partial charge is 0.416 e. The molecule has 0 atom stereocenters. The highest BCUT2D eigenvalue weighted by Gasteiger charge is 2.30. The zero-order valence-electron chi connectivity index (χ0n) is 14.2. The predicted molar refractivity (Wildman–Crippen MR) is 94.6 cm³/mol. The van der Waals surface area contributed by atoms with E-state index < -0.39 is 17.6 Å². The van der Waals surface area contributed by atoms with Gasteiger partial charge in [0, 0.05) is 23.6 Å². The number of anilines is 1. The van der Waals surface area contributed by atoms with Gasteiger partial charge in [-0.05, 0) is 34.2 Å². The third-order valence-electron chi connectivity index (χ3n) is 4.22. The van der Waals surface area contributed by atoms with Crippen molar-refractivity contribution in [1.29, 1.82) is 0 Å². The number of nitrogens with one attached hydrogen (secondary N) is 2. The number of carbonyl (C=O) groups excluding carboxylic acids is 1. The van der Waals surface area contributed by atoms with Crippen molar-refractivity contribution in [1.82, 2.24) is 25.2 Å². The first-order valence-corrected chi connectivity index (χ1v) is 8.21. The predicted octanol–water partition coefficient (Wildman–Crippen LogP) is 3.47. The lowest BCUT2D eigenvalue weighted by molar-refractivity contribution is -0.137. The van der Waals surface area contributed by atoms with Crippen LogP contribution in [0.15, 0.2) is 54.7 Å². The Kier molecular flexibility index (Phi) is 4.30. The molecule has 4 rings (SSSR count). The zero-order valence-corrected chi connectivity index (χ0v) is 14.2. The highest BCUT2D eigenvalue weighted by Crippen LogP contribution is 2.30. The van der Waals surface area contributed by atoms with E-state index in [1.807, 2.05) is 0 Å². The number of benzene rings is 2. The monoisotopic (exact) mass is 386 g/mol. The number of alkyl halides is 3. The minimum Gasteiger partial charge on any atom is -0.342 e. The lowest BCUT2D eigenvalue weighted by Crippen LogP contribution is -2.12. The van der Waals surface area contributed by atoms with E-state index in [2.05, 4.69) is 25.9 Å². The topological polar surface area (TPSA) is 88.5 Å². The number of rotatable bonds is 4. The Morgan fingerprint density at radius 2 is 1.96 bits per heavy atom. The third kappa shape index (κ3) is 3.43. The molecule has 0 unspecified atom stereocenters. The lowest BCUT2D eigenvalue weighted by atomic mass is 10.1. The average Bonchev–Trinajstić information content (AvgIpc) is 3.30. The normalized spacial score (nSPS) is 11.7. The van der Waals surface area contributed by atoms with Crippen LogP contribution >= 0.6 is 0 Å². The van der Waals surface area contributed by atoms with Crippen LogP contribution in [0.2, 0.25) is 0 Å². The molecule has 0 bridgehead atoms. The summed E-state index contributed by atoms with van der Waals surface area (Å²) in [5, 5.41) is 16.0. The summed E-state index contributed by atoms with van der Waals surface area (Å²) in [6.45, 7) is 0.182. The van der Waals surface area contributed by atoms with Crippen LogP contribution < -0.4 is 5.32 Å². The molecule has 0 saturated carbocycles. The van der Waals surface area contributed by atoms with Gasteiger partial charge in [-0.2, -0.15) is 13.2 Å². The van der Waals surface area contributed by atoms with E-state index in [4.69, 9.17) is 0 Å². The maximum atomic E-state index is 13.0. The molecule has 2 heterocycles. The Morgan fingerprint density at radius 1 is 1.14 bits per heavy atom. The highest BCUT2D eigenvalue weighted by molar-refractivity contribution is 6.12. The van der Waals surface area contributed by atoms with Gasteiger partial charge >= 0.3 is 6.18 Å². The van der Waals surface area contributed by atoms with Crippen LogP contribution in [-0.2, 0) is 12.7 Å². The zero-order chi connectivity index (χ0) is 19.7. The van der Waals surface area contributed by atoms with Crippen molar-refractivity contribution >= 4 is 22.8 Å². The summed E-state index contributed by atoms with van der Waals surface area (Å²) in [6.07, 6.45) is -2.81. The van der Waals surface area contributed by atoms with Crippen molar-refractivity contribution in [3.05, 3.63) is 71.4 Å². The van der Waals surface area contributed by atoms with E-state index >= 15 is 0 Å². The maximum Gasteiger partial charge on any atom is 0.416 e. The van der Waals surface area contributed by atoms with Crippen LogP contribution in [0.3, 0.4) is 0 Å². The van der Waals surface area contributed by atoms with Crippen LogP contribution in [-0.4, -0.2) is 31.1 Å². The van der Waals surface area contributed by atoms with Gasteiger partial charge in [0.25, 0.3) is 5.91 Å². The second-order valence-electron chi connectivity index (χ2n) is 6.09. The molecule has 10 heteroatoms. The van der Waals surface area contributed by atoms with Gasteiger partial charge in [-0.3, -0.25) is 10.1 Å². The quantitative estimate of drug-likeness (QED) is 0.562. The molecule has 0 aliphatic carbocycles. The molecular weight excluding hydrogens is 373 g/mol. The van der Waals surface area contributed by atoms with Crippen LogP contribution in [0.4, 0.5) is 19.1 Å². The first-order valence-electron chi connectivity index (χ1n) is 8.21. The van der Waals surface area contributed by atoms with Gasteiger partial charge in [0.15, 0.2) is 0 Å². The molecule has 4 aromatic rings. The summed E-state index contributed by atoms with van der Waals surface area (Å²) >= 11 is 0. The number of aromatic nitrogens is 5. The van der Waals surface area contributed by atoms with E-state index in [0.717, 1.165) is 17.6 Å². The Labute approximate surface area is 156 Å². The lowest BCUT2D eigenvalue weighted by Gasteiger charge is -2.10. The number of nitrogens with zero attached hydrogens (tertiary/aromatic N) is 4. The van der Waals surface area contributed by atoms with Gasteiger partial charge in [-0.15, -0.1) is 0 Å². The van der Waals surface area contributed by atoms with Crippen molar-refractivity contribution in [3.8, 4) is 0 Å². The van der Waals surface area contributed by atoms with Crippen LogP contribution in [0.1, 0.15) is 21.5 Å². The molecule has 0 saturated heterocycles. The van der Waals surface area contributed by atoms with E-state index in [0.29, 0.717) is 16.5 Å². The second-order valence-corrected chi connectivity index (χ2v) is 6.09. The Bertz CT molecular complexity index is 1130. The number of aromatic amines is 1. The van der Waals surface area contributed by atoms with E-state index in [9.17, 15) is 18.0 Å². The van der Waals surface area contributed by atoms with Crippen LogP contribution in [0.25, 0.3) is 10.9 Å². The highest BCUT2D eigenvalue weighted by atomic mass is 19.4. The van der Waals surface area contributed by atoms with Gasteiger partial charge in [-0.1, -0.05) is 35.4 Å². The molecule has 28 heavy (non-hydrogen) atoms. The van der Waals surface area contributed by atoms with Gasteiger partial charge in [0.2, 0.25) is 5.95 Å². The van der Waals surface area contributed by atoms with Gasteiger partial charge in [0.05, 0.1) is 11.1 Å². The average molecular weight is 386 g/mol. The molecular formula is C18H13F3N6O. The van der Waals surface area contributed by atoms with Gasteiger partial charge < -0.3 is 4.57 Å². The summed E-state index contributed by atoms with van der Waals surface area (Å²) in [5.74, 6) is -0.336. The SMILES string of the molecule is O=C(Nc1nnn[nH]1)c1cn(Cc2cccc(C(F)(F)F)c2)c2ccccc12. The number of amides is 1. The molecule has 2 N–H and O–H groups in total. The molecule has 0 aliphatic heterocycles. The minimum absolute atomic E-state index is 0.0970. The number of H-pyrrole nitrogens is 1. The third-order valence-corrected chi connectivity index (χ3v) is 4.22. The van der Waals surface area contributed by atoms with Gasteiger partial charge in [0.1, 0.15) is 0 Å². The number of halogens is 3. The number of hydrogen-bond donors (Lipinski definition) is 2. The summed E-state index contributed by atoms with van der Waals surface area (Å²) in [7, 11) is 0. The fraction of sp³-hybridized carbons (Fsp3) is 0.111. The Balaban J connectivity index is 1.70. The molecule has 0 aliphatic rings. The summed E-state index contributed by atoms with van der Waals surface area (Å²) in [6, 6.07) is 12.3.